The molecule has 5 atom stereocenters. The highest BCUT2D eigenvalue weighted by Crippen LogP contribution is 2.44. The van der Waals surface area contributed by atoms with Gasteiger partial charge in [0, 0.05) is 28.4 Å². The minimum Gasteiger partial charge on any atom is -0.413 e. The van der Waals surface area contributed by atoms with Crippen molar-refractivity contribution in [3.63, 3.8) is 0 Å². The molecule has 0 saturated heterocycles. The average Bonchev–Trinajstić information content (AvgIpc) is 3.42. The van der Waals surface area contributed by atoms with E-state index in [0.29, 0.717) is 17.9 Å². The minimum atomic E-state index is -2.22. The van der Waals surface area contributed by atoms with Gasteiger partial charge in [-0.1, -0.05) is 113 Å². The van der Waals surface area contributed by atoms with Crippen LogP contribution in [0.4, 0.5) is 0 Å². The summed E-state index contributed by atoms with van der Waals surface area (Å²) in [5.74, 6) is -0.00616. The molecule has 0 bridgehead atoms. The number of carbonyl (C=O) groups excluding carboxylic acids is 1. The van der Waals surface area contributed by atoms with Crippen LogP contribution in [-0.4, -0.2) is 65.7 Å². The molecule has 0 fully saturated rings. The van der Waals surface area contributed by atoms with Crippen LogP contribution in [-0.2, 0) is 18.1 Å². The maximum Gasteiger partial charge on any atom is 0.192 e. The highest BCUT2D eigenvalue weighted by molar-refractivity contribution is 7.09. The van der Waals surface area contributed by atoms with Gasteiger partial charge in [0.05, 0.1) is 29.0 Å². The smallest absolute Gasteiger partial charge is 0.192 e. The van der Waals surface area contributed by atoms with E-state index in [2.05, 4.69) is 133 Å². The number of aryl methyl sites for hydroxylation is 1. The number of rotatable bonds is 21. The van der Waals surface area contributed by atoms with Crippen molar-refractivity contribution in [2.75, 3.05) is 6.61 Å². The molecule has 1 aromatic rings. The van der Waals surface area contributed by atoms with E-state index in [-0.39, 0.29) is 57.7 Å². The Bertz CT molecular complexity index is 1430. The highest BCUT2D eigenvalue weighted by atomic mass is 35.5. The normalized spacial score (nSPS) is 17.6. The Hall–Kier alpha value is -0.439. The molecule has 0 aliphatic heterocycles. The molecule has 6 nitrogen and oxygen atoms in total. The van der Waals surface area contributed by atoms with Crippen LogP contribution in [0.3, 0.4) is 0 Å². The van der Waals surface area contributed by atoms with Gasteiger partial charge in [-0.15, -0.1) is 11.3 Å². The van der Waals surface area contributed by atoms with Crippen molar-refractivity contribution in [1.82, 2.24) is 4.98 Å². The van der Waals surface area contributed by atoms with E-state index in [1.807, 2.05) is 32.2 Å². The fourth-order valence-electron chi connectivity index (χ4n) is 6.05. The lowest BCUT2D eigenvalue weighted by atomic mass is 9.73. The third kappa shape index (κ3) is 15.3. The van der Waals surface area contributed by atoms with Gasteiger partial charge < -0.3 is 18.4 Å². The standard InChI is InChI=1S/C44H84ClNO5SSi3/c1-31(25-26-37(49-53(16,17)41(5,6)7)36(45)29-35-30-52-34(4)46-35)23-22-24-32(2)39(51-55(20,21)43(11,12)13)33(3)40(48)44(14,15)38(27-28-47)50-54(18,19)42(8,9)10/h25,29-30,32-33,37-39,47H,22-24,26-28H2,1-21H3/t32-,33+,37-,38-,39-/m0/s1. The third-order valence-corrected chi connectivity index (χ3v) is 27.8. The molecule has 0 spiro atoms. The molecule has 0 aromatic carbocycles. The largest absolute Gasteiger partial charge is 0.413 e. The lowest BCUT2D eigenvalue weighted by Crippen LogP contribution is -2.54. The second-order valence-electron chi connectivity index (χ2n) is 21.4. The van der Waals surface area contributed by atoms with Crippen LogP contribution in [0.2, 0.25) is 54.4 Å². The Labute approximate surface area is 351 Å². The van der Waals surface area contributed by atoms with Crippen LogP contribution in [0, 0.1) is 24.2 Å². The van der Waals surface area contributed by atoms with E-state index >= 15 is 0 Å². The monoisotopic (exact) mass is 858 g/mol. The molecule has 0 aliphatic rings. The first kappa shape index (κ1) is 52.6. The van der Waals surface area contributed by atoms with Gasteiger partial charge in [0.2, 0.25) is 0 Å². The number of halogens is 1. The highest BCUT2D eigenvalue weighted by Gasteiger charge is 2.49. The quantitative estimate of drug-likeness (QED) is 0.0980. The number of aliphatic hydroxyl groups excluding tert-OH is 1. The predicted molar refractivity (Wildman–Crippen MR) is 248 cm³/mol. The SMILES string of the molecule is CC(=CC[C@H](O[Si](C)(C)C(C)(C)C)C(Cl)=Cc1csc(C)n1)CCC[C@H](C)[C@H](O[Si](C)(C)C(C)(C)C)[C@@H](C)C(=O)C(C)(C)[C@H](CCO)O[Si](C)(C)C(C)(C)C. The van der Waals surface area contributed by atoms with Gasteiger partial charge in [-0.2, -0.15) is 0 Å². The van der Waals surface area contributed by atoms with E-state index in [0.717, 1.165) is 30.0 Å². The summed E-state index contributed by atoms with van der Waals surface area (Å²) in [6.07, 6.45) is 7.45. The molecule has 0 unspecified atom stereocenters. The molecule has 1 heterocycles. The Morgan fingerprint density at radius 2 is 1.35 bits per heavy atom. The molecule has 1 N–H and O–H groups in total. The molecule has 0 aliphatic carbocycles. The second-order valence-corrected chi connectivity index (χ2v) is 37.2. The van der Waals surface area contributed by atoms with Gasteiger partial charge in [0.1, 0.15) is 5.78 Å². The maximum absolute atomic E-state index is 14.7. The van der Waals surface area contributed by atoms with Crippen molar-refractivity contribution in [2.24, 2.45) is 17.3 Å². The lowest BCUT2D eigenvalue weighted by molar-refractivity contribution is -0.141. The molecule has 55 heavy (non-hydrogen) atoms. The molecule has 11 heteroatoms. The van der Waals surface area contributed by atoms with Crippen LogP contribution >= 0.6 is 22.9 Å². The fourth-order valence-corrected chi connectivity index (χ4v) is 11.2. The number of ketones is 1. The van der Waals surface area contributed by atoms with Crippen LogP contribution in [0.1, 0.15) is 140 Å². The molecular weight excluding hydrogens is 774 g/mol. The second kappa shape index (κ2) is 20.2. The number of allylic oxidation sites excluding steroid dienone is 1. The summed E-state index contributed by atoms with van der Waals surface area (Å²) in [7, 11) is -6.52. The summed E-state index contributed by atoms with van der Waals surface area (Å²) < 4.78 is 21.0. The molecule has 0 radical (unpaired) electrons. The van der Waals surface area contributed by atoms with E-state index in [4.69, 9.17) is 24.9 Å². The maximum atomic E-state index is 14.7. The first-order valence-electron chi connectivity index (χ1n) is 20.7. The van der Waals surface area contributed by atoms with Gasteiger partial charge in [-0.05, 0) is 112 Å². The Balaban J connectivity index is 3.33. The lowest BCUT2D eigenvalue weighted by Gasteiger charge is -2.46. The number of carbonyl (C=O) groups is 1. The Morgan fingerprint density at radius 3 is 1.80 bits per heavy atom. The summed E-state index contributed by atoms with van der Waals surface area (Å²) >= 11 is 8.63. The van der Waals surface area contributed by atoms with Crippen molar-refractivity contribution in [1.29, 1.82) is 0 Å². The van der Waals surface area contributed by atoms with Crippen LogP contribution in [0.15, 0.2) is 22.1 Å². The number of aliphatic hydroxyl groups is 1. The Kier molecular flexibility index (Phi) is 19.3. The Morgan fingerprint density at radius 1 is 0.855 bits per heavy atom. The zero-order valence-electron chi connectivity index (χ0n) is 39.2. The predicted octanol–water partition coefficient (Wildman–Crippen LogP) is 14.0. The molecule has 0 saturated carbocycles. The molecule has 1 aromatic heterocycles. The number of Topliss-reactive ketones (excluding diaryl/α,β-unsaturated/α-hetero) is 1. The molecular formula is C44H84ClNO5SSi3. The van der Waals surface area contributed by atoms with Crippen LogP contribution in [0.25, 0.3) is 6.08 Å². The number of hydrogen-bond donors (Lipinski definition) is 1. The van der Waals surface area contributed by atoms with Crippen molar-refractivity contribution >= 4 is 59.7 Å². The molecule has 1 rings (SSSR count). The van der Waals surface area contributed by atoms with Crippen molar-refractivity contribution < 1.29 is 23.2 Å². The van der Waals surface area contributed by atoms with Gasteiger partial charge in [-0.25, -0.2) is 4.98 Å². The van der Waals surface area contributed by atoms with Crippen molar-refractivity contribution in [3.05, 3.63) is 32.8 Å². The van der Waals surface area contributed by atoms with Crippen molar-refractivity contribution in [3.8, 4) is 0 Å². The third-order valence-electron chi connectivity index (χ3n) is 13.2. The summed E-state index contributed by atoms with van der Waals surface area (Å²) in [4.78, 5) is 19.3. The number of thiazole rings is 1. The number of hydrogen-bond acceptors (Lipinski definition) is 7. The number of nitrogens with zero attached hydrogens (tertiary/aromatic N) is 1. The summed E-state index contributed by atoms with van der Waals surface area (Å²) in [6.45, 7) is 46.3. The van der Waals surface area contributed by atoms with Gasteiger partial charge in [-0.3, -0.25) is 4.79 Å². The van der Waals surface area contributed by atoms with E-state index in [1.165, 1.54) is 5.57 Å². The van der Waals surface area contributed by atoms with Crippen LogP contribution < -0.4 is 0 Å². The minimum absolute atomic E-state index is 0.00447. The summed E-state index contributed by atoms with van der Waals surface area (Å²) in [6, 6.07) is 0. The number of aromatic nitrogens is 1. The fraction of sp³-hybridized carbons (Fsp3) is 0.818. The topological polar surface area (TPSA) is 77.9 Å². The van der Waals surface area contributed by atoms with Crippen LogP contribution in [0.5, 0.6) is 0 Å². The first-order chi connectivity index (χ1) is 24.6. The molecule has 320 valence electrons. The van der Waals surface area contributed by atoms with E-state index in [1.54, 1.807) is 11.3 Å². The van der Waals surface area contributed by atoms with Gasteiger partial charge >= 0.3 is 0 Å². The summed E-state index contributed by atoms with van der Waals surface area (Å²) in [5, 5.41) is 13.9. The van der Waals surface area contributed by atoms with E-state index in [9.17, 15) is 9.90 Å². The van der Waals surface area contributed by atoms with Crippen molar-refractivity contribution in [2.45, 2.75) is 209 Å². The zero-order chi connectivity index (χ0) is 43.2. The van der Waals surface area contributed by atoms with Gasteiger partial charge in [0.15, 0.2) is 25.0 Å². The summed E-state index contributed by atoms with van der Waals surface area (Å²) in [5.41, 5.74) is 1.40. The van der Waals surface area contributed by atoms with E-state index < -0.39 is 30.4 Å². The zero-order valence-corrected chi connectivity index (χ0v) is 43.7. The van der Waals surface area contributed by atoms with Gasteiger partial charge in [0.25, 0.3) is 0 Å². The average molecular weight is 859 g/mol. The first-order valence-corrected chi connectivity index (χ1v) is 30.7. The molecule has 0 amide bonds.